The number of nitrogens with zero attached hydrogens (tertiary/aromatic N) is 4. The van der Waals surface area contributed by atoms with E-state index in [0.717, 1.165) is 17.5 Å². The van der Waals surface area contributed by atoms with Crippen LogP contribution in [0.3, 0.4) is 0 Å². The first-order chi connectivity index (χ1) is 6.74. The topological polar surface area (TPSA) is 43.6 Å². The molecule has 2 rings (SSSR count). The first kappa shape index (κ1) is 9.40. The quantitative estimate of drug-likeness (QED) is 0.716. The van der Waals surface area contributed by atoms with Gasteiger partial charge < -0.3 is 0 Å². The largest absolute Gasteiger partial charge is 0.244 e. The van der Waals surface area contributed by atoms with Crippen LogP contribution in [0, 0.1) is 0 Å². The fourth-order valence-electron chi connectivity index (χ4n) is 1.33. The van der Waals surface area contributed by atoms with E-state index in [1.165, 1.54) is 6.33 Å². The molecule has 5 heteroatoms. The molecule has 0 saturated heterocycles. The summed E-state index contributed by atoms with van der Waals surface area (Å²) < 4.78 is 1.88. The van der Waals surface area contributed by atoms with Gasteiger partial charge in [-0.15, -0.1) is 0 Å². The Hall–Kier alpha value is -1.16. The van der Waals surface area contributed by atoms with E-state index in [9.17, 15) is 0 Å². The van der Waals surface area contributed by atoms with Crippen molar-refractivity contribution in [1.82, 2.24) is 19.7 Å². The number of hydrogen-bond acceptors (Lipinski definition) is 3. The molecule has 0 aliphatic carbocycles. The van der Waals surface area contributed by atoms with Crippen molar-refractivity contribution in [3.63, 3.8) is 0 Å². The lowest BCUT2D eigenvalue weighted by atomic mass is 10.3. The second-order valence-electron chi connectivity index (χ2n) is 3.25. The smallest absolute Gasteiger partial charge is 0.162 e. The Labute approximate surface area is 86.9 Å². The van der Waals surface area contributed by atoms with E-state index in [4.69, 9.17) is 11.6 Å². The monoisotopic (exact) mass is 210 g/mol. The third kappa shape index (κ3) is 1.35. The molecule has 2 heterocycles. The van der Waals surface area contributed by atoms with Gasteiger partial charge >= 0.3 is 0 Å². The van der Waals surface area contributed by atoms with Crippen molar-refractivity contribution in [2.45, 2.75) is 26.3 Å². The maximum Gasteiger partial charge on any atom is 0.162 e. The average Bonchev–Trinajstić information content (AvgIpc) is 2.62. The van der Waals surface area contributed by atoms with Crippen LogP contribution < -0.4 is 0 Å². The zero-order chi connectivity index (χ0) is 10.1. The van der Waals surface area contributed by atoms with Gasteiger partial charge in [-0.25, -0.2) is 14.6 Å². The summed E-state index contributed by atoms with van der Waals surface area (Å²) in [6, 6.07) is 0.332. The van der Waals surface area contributed by atoms with Crippen LogP contribution in [0.1, 0.15) is 26.3 Å². The van der Waals surface area contributed by atoms with Crippen molar-refractivity contribution in [3.8, 4) is 0 Å². The Morgan fingerprint density at radius 1 is 1.50 bits per heavy atom. The molecule has 0 aliphatic heterocycles. The Kier molecular flexibility index (Phi) is 2.37. The molecule has 2 aromatic heterocycles. The highest BCUT2D eigenvalue weighted by molar-refractivity contribution is 6.33. The maximum absolute atomic E-state index is 5.91. The highest BCUT2D eigenvalue weighted by atomic mass is 35.5. The van der Waals surface area contributed by atoms with Crippen molar-refractivity contribution in [3.05, 3.63) is 17.7 Å². The second kappa shape index (κ2) is 3.53. The molecular weight excluding hydrogens is 200 g/mol. The van der Waals surface area contributed by atoms with Crippen molar-refractivity contribution in [2.24, 2.45) is 0 Å². The third-order valence-electron chi connectivity index (χ3n) is 2.35. The molecule has 0 bridgehead atoms. The number of rotatable bonds is 2. The molecule has 0 saturated carbocycles. The van der Waals surface area contributed by atoms with Gasteiger partial charge in [-0.2, -0.15) is 5.10 Å². The van der Waals surface area contributed by atoms with E-state index < -0.39 is 0 Å². The highest BCUT2D eigenvalue weighted by Gasteiger charge is 2.11. The molecule has 0 amide bonds. The van der Waals surface area contributed by atoms with Crippen LogP contribution in [0.2, 0.25) is 5.15 Å². The summed E-state index contributed by atoms with van der Waals surface area (Å²) in [4.78, 5) is 8.08. The van der Waals surface area contributed by atoms with Crippen LogP contribution in [0.5, 0.6) is 0 Å². The van der Waals surface area contributed by atoms with Crippen LogP contribution in [-0.4, -0.2) is 19.7 Å². The Morgan fingerprint density at radius 2 is 2.29 bits per heavy atom. The SMILES string of the molecule is CCC(C)n1ncc2c(Cl)ncnc21. The lowest BCUT2D eigenvalue weighted by Gasteiger charge is -2.09. The van der Waals surface area contributed by atoms with Crippen LogP contribution in [0.15, 0.2) is 12.5 Å². The van der Waals surface area contributed by atoms with Crippen LogP contribution in [0.25, 0.3) is 11.0 Å². The van der Waals surface area contributed by atoms with Gasteiger partial charge in [-0.05, 0) is 13.3 Å². The van der Waals surface area contributed by atoms with Crippen molar-refractivity contribution < 1.29 is 0 Å². The zero-order valence-corrected chi connectivity index (χ0v) is 8.86. The number of aromatic nitrogens is 4. The van der Waals surface area contributed by atoms with E-state index in [2.05, 4.69) is 28.9 Å². The number of hydrogen-bond donors (Lipinski definition) is 0. The van der Waals surface area contributed by atoms with E-state index in [1.807, 2.05) is 4.68 Å². The average molecular weight is 211 g/mol. The molecule has 0 aliphatic rings. The summed E-state index contributed by atoms with van der Waals surface area (Å²) in [5.74, 6) is 0. The normalized spacial score (nSPS) is 13.4. The highest BCUT2D eigenvalue weighted by Crippen LogP contribution is 2.21. The minimum Gasteiger partial charge on any atom is -0.244 e. The summed E-state index contributed by atoms with van der Waals surface area (Å²) in [6.07, 6.45) is 4.19. The van der Waals surface area contributed by atoms with Gasteiger partial charge in [0.15, 0.2) is 5.65 Å². The van der Waals surface area contributed by atoms with Gasteiger partial charge in [0, 0.05) is 0 Å². The molecule has 1 unspecified atom stereocenters. The van der Waals surface area contributed by atoms with Crippen molar-refractivity contribution in [1.29, 1.82) is 0 Å². The van der Waals surface area contributed by atoms with E-state index in [-0.39, 0.29) is 0 Å². The predicted molar refractivity (Wildman–Crippen MR) is 55.3 cm³/mol. The standard InChI is InChI=1S/C9H11ClN4/c1-3-6(2)14-9-7(4-13-14)8(10)11-5-12-9/h4-6H,3H2,1-2H3. The summed E-state index contributed by atoms with van der Waals surface area (Å²) in [5, 5.41) is 5.53. The van der Waals surface area contributed by atoms with Crippen LogP contribution in [0.4, 0.5) is 0 Å². The van der Waals surface area contributed by atoms with Gasteiger partial charge in [0.05, 0.1) is 17.6 Å². The van der Waals surface area contributed by atoms with Gasteiger partial charge in [0.1, 0.15) is 11.5 Å². The molecular formula is C9H11ClN4. The van der Waals surface area contributed by atoms with Crippen molar-refractivity contribution >= 4 is 22.6 Å². The van der Waals surface area contributed by atoms with Gasteiger partial charge in [-0.3, -0.25) is 0 Å². The Morgan fingerprint density at radius 3 is 3.00 bits per heavy atom. The number of fused-ring (bicyclic) bond motifs is 1. The van der Waals surface area contributed by atoms with Crippen LogP contribution in [-0.2, 0) is 0 Å². The molecule has 74 valence electrons. The van der Waals surface area contributed by atoms with Crippen LogP contribution >= 0.6 is 11.6 Å². The fourth-order valence-corrected chi connectivity index (χ4v) is 1.51. The molecule has 0 spiro atoms. The molecule has 0 fully saturated rings. The summed E-state index contributed by atoms with van der Waals surface area (Å²) >= 11 is 5.91. The van der Waals surface area contributed by atoms with Gasteiger partial charge in [0.2, 0.25) is 0 Å². The molecule has 1 atom stereocenters. The molecule has 0 N–H and O–H groups in total. The molecule has 2 aromatic rings. The zero-order valence-electron chi connectivity index (χ0n) is 8.11. The fraction of sp³-hybridized carbons (Fsp3) is 0.444. The second-order valence-corrected chi connectivity index (χ2v) is 3.61. The molecule has 14 heavy (non-hydrogen) atoms. The lowest BCUT2D eigenvalue weighted by molar-refractivity contribution is 0.489. The van der Waals surface area contributed by atoms with Crippen molar-refractivity contribution in [2.75, 3.05) is 0 Å². The predicted octanol–water partition coefficient (Wildman–Crippen LogP) is 2.45. The lowest BCUT2D eigenvalue weighted by Crippen LogP contribution is -2.06. The summed E-state index contributed by atoms with van der Waals surface area (Å²) in [6.45, 7) is 4.21. The summed E-state index contributed by atoms with van der Waals surface area (Å²) in [7, 11) is 0. The Balaban J connectivity index is 2.63. The first-order valence-corrected chi connectivity index (χ1v) is 4.95. The third-order valence-corrected chi connectivity index (χ3v) is 2.65. The maximum atomic E-state index is 5.91. The van der Waals surface area contributed by atoms with E-state index in [0.29, 0.717) is 11.2 Å². The minimum atomic E-state index is 0.332. The Bertz CT molecular complexity index is 451. The number of halogens is 1. The molecule has 4 nitrogen and oxygen atoms in total. The first-order valence-electron chi connectivity index (χ1n) is 4.57. The van der Waals surface area contributed by atoms with Gasteiger partial charge in [0.25, 0.3) is 0 Å². The van der Waals surface area contributed by atoms with Gasteiger partial charge in [-0.1, -0.05) is 18.5 Å². The summed E-state index contributed by atoms with van der Waals surface area (Å²) in [5.41, 5.74) is 0.805. The molecule has 0 radical (unpaired) electrons. The molecule has 0 aromatic carbocycles. The minimum absolute atomic E-state index is 0.332. The van der Waals surface area contributed by atoms with E-state index in [1.54, 1.807) is 6.20 Å². The van der Waals surface area contributed by atoms with E-state index >= 15 is 0 Å².